The van der Waals surface area contributed by atoms with Crippen LogP contribution in [0, 0.1) is 0 Å². The fraction of sp³-hybridized carbons (Fsp3) is 0.364. The average molecular weight is 208 g/mol. The second-order valence-corrected chi connectivity index (χ2v) is 3.64. The first-order valence-electron chi connectivity index (χ1n) is 4.87. The highest BCUT2D eigenvalue weighted by molar-refractivity contribution is 5.95. The van der Waals surface area contributed by atoms with Crippen molar-refractivity contribution >= 4 is 5.97 Å². The Morgan fingerprint density at radius 2 is 2.20 bits per heavy atom. The number of benzene rings is 1. The summed E-state index contributed by atoms with van der Waals surface area (Å²) in [6.45, 7) is 1.92. The first-order valence-corrected chi connectivity index (χ1v) is 4.87. The average Bonchev–Trinajstić information content (AvgIpc) is 2.15. The minimum Gasteiger partial charge on any atom is -0.508 e. The molecule has 1 atom stereocenters. The zero-order chi connectivity index (χ0) is 11.0. The molecule has 80 valence electrons. The third kappa shape index (κ3) is 1.63. The van der Waals surface area contributed by atoms with Crippen LogP contribution in [-0.4, -0.2) is 22.3 Å². The second-order valence-electron chi connectivity index (χ2n) is 3.64. The summed E-state index contributed by atoms with van der Waals surface area (Å²) in [4.78, 5) is 11.5. The zero-order valence-corrected chi connectivity index (χ0v) is 8.36. The van der Waals surface area contributed by atoms with Crippen LogP contribution < -0.4 is 0 Å². The lowest BCUT2D eigenvalue weighted by molar-refractivity contribution is 0.0245. The van der Waals surface area contributed by atoms with Crippen LogP contribution in [0.1, 0.15) is 29.3 Å². The van der Waals surface area contributed by atoms with Crippen molar-refractivity contribution in [2.45, 2.75) is 25.9 Å². The van der Waals surface area contributed by atoms with E-state index < -0.39 is 5.97 Å². The number of aromatic hydroxyl groups is 2. The Kier molecular flexibility index (Phi) is 2.26. The summed E-state index contributed by atoms with van der Waals surface area (Å²) in [5, 5.41) is 18.8. The normalized spacial score (nSPS) is 19.5. The SMILES string of the molecule is CC[C@@H]1Cc2cc(O)cc(O)c2C(=O)O1. The topological polar surface area (TPSA) is 66.8 Å². The van der Waals surface area contributed by atoms with Gasteiger partial charge in [-0.1, -0.05) is 6.92 Å². The van der Waals surface area contributed by atoms with Crippen molar-refractivity contribution in [2.75, 3.05) is 0 Å². The molecule has 1 aromatic carbocycles. The molecule has 2 rings (SSSR count). The van der Waals surface area contributed by atoms with Gasteiger partial charge >= 0.3 is 5.97 Å². The lowest BCUT2D eigenvalue weighted by atomic mass is 9.96. The number of rotatable bonds is 1. The summed E-state index contributed by atoms with van der Waals surface area (Å²) in [5.41, 5.74) is 0.827. The largest absolute Gasteiger partial charge is 0.508 e. The van der Waals surface area contributed by atoms with Gasteiger partial charge in [0, 0.05) is 12.5 Å². The summed E-state index contributed by atoms with van der Waals surface area (Å²) in [5.74, 6) is -0.763. The maximum absolute atomic E-state index is 11.5. The quantitative estimate of drug-likeness (QED) is 0.688. The number of hydrogen-bond donors (Lipinski definition) is 2. The Morgan fingerprint density at radius 1 is 1.47 bits per heavy atom. The Labute approximate surface area is 87.1 Å². The predicted octanol–water partition coefficient (Wildman–Crippen LogP) is 1.59. The molecule has 0 amide bonds. The highest BCUT2D eigenvalue weighted by Crippen LogP contribution is 2.32. The molecule has 0 aliphatic carbocycles. The van der Waals surface area contributed by atoms with Gasteiger partial charge in [-0.05, 0) is 18.1 Å². The number of fused-ring (bicyclic) bond motifs is 1. The molecular weight excluding hydrogens is 196 g/mol. The molecule has 0 saturated heterocycles. The summed E-state index contributed by atoms with van der Waals surface area (Å²) >= 11 is 0. The third-order valence-electron chi connectivity index (χ3n) is 2.56. The molecule has 0 unspecified atom stereocenters. The summed E-state index contributed by atoms with van der Waals surface area (Å²) in [6.07, 6.45) is 1.10. The van der Waals surface area contributed by atoms with E-state index in [9.17, 15) is 15.0 Å². The molecule has 1 aliphatic heterocycles. The van der Waals surface area contributed by atoms with Gasteiger partial charge in [0.1, 0.15) is 23.2 Å². The van der Waals surface area contributed by atoms with E-state index in [1.807, 2.05) is 6.92 Å². The van der Waals surface area contributed by atoms with Gasteiger partial charge < -0.3 is 14.9 Å². The number of esters is 1. The van der Waals surface area contributed by atoms with E-state index in [2.05, 4.69) is 0 Å². The molecule has 1 heterocycles. The first-order chi connectivity index (χ1) is 7.11. The van der Waals surface area contributed by atoms with Gasteiger partial charge in [-0.3, -0.25) is 0 Å². The molecule has 4 heteroatoms. The van der Waals surface area contributed by atoms with Crippen LogP contribution in [0.5, 0.6) is 11.5 Å². The minimum absolute atomic E-state index is 0.0317. The van der Waals surface area contributed by atoms with Crippen LogP contribution in [0.15, 0.2) is 12.1 Å². The van der Waals surface area contributed by atoms with Gasteiger partial charge in [-0.2, -0.15) is 0 Å². The maximum Gasteiger partial charge on any atom is 0.342 e. The maximum atomic E-state index is 11.5. The molecule has 15 heavy (non-hydrogen) atoms. The summed E-state index contributed by atoms with van der Waals surface area (Å²) < 4.78 is 5.10. The van der Waals surface area contributed by atoms with Gasteiger partial charge in [0.25, 0.3) is 0 Å². The van der Waals surface area contributed by atoms with E-state index in [1.165, 1.54) is 6.07 Å². The van der Waals surface area contributed by atoms with E-state index in [1.54, 1.807) is 0 Å². The van der Waals surface area contributed by atoms with Crippen molar-refractivity contribution in [3.63, 3.8) is 0 Å². The molecule has 1 aliphatic rings. The van der Waals surface area contributed by atoms with Crippen LogP contribution in [0.25, 0.3) is 0 Å². The highest BCUT2D eigenvalue weighted by Gasteiger charge is 2.28. The zero-order valence-electron chi connectivity index (χ0n) is 8.36. The number of phenolic OH excluding ortho intramolecular Hbond substituents is 2. The molecular formula is C11H12O4. The molecule has 4 nitrogen and oxygen atoms in total. The van der Waals surface area contributed by atoms with E-state index in [0.717, 1.165) is 12.5 Å². The monoisotopic (exact) mass is 208 g/mol. The molecule has 0 bridgehead atoms. The standard InChI is InChI=1S/C11H12O4/c1-2-8-4-6-3-7(12)5-9(13)10(6)11(14)15-8/h3,5,8,12-13H,2,4H2,1H3/t8-/m1/s1. The summed E-state index contributed by atoms with van der Waals surface area (Å²) in [7, 11) is 0. The smallest absolute Gasteiger partial charge is 0.342 e. The molecule has 0 aromatic heterocycles. The van der Waals surface area contributed by atoms with Gasteiger partial charge in [0.15, 0.2) is 0 Å². The van der Waals surface area contributed by atoms with E-state index in [-0.39, 0.29) is 23.2 Å². The predicted molar refractivity (Wildman–Crippen MR) is 53.0 cm³/mol. The van der Waals surface area contributed by atoms with Gasteiger partial charge in [-0.15, -0.1) is 0 Å². The number of cyclic esters (lactones) is 1. The van der Waals surface area contributed by atoms with Crippen molar-refractivity contribution in [2.24, 2.45) is 0 Å². The number of phenols is 2. The Bertz CT molecular complexity index is 411. The van der Waals surface area contributed by atoms with Crippen molar-refractivity contribution in [3.05, 3.63) is 23.3 Å². The van der Waals surface area contributed by atoms with Crippen molar-refractivity contribution < 1.29 is 19.7 Å². The number of hydrogen-bond acceptors (Lipinski definition) is 4. The van der Waals surface area contributed by atoms with Crippen LogP contribution in [0.4, 0.5) is 0 Å². The molecule has 1 aromatic rings. The fourth-order valence-electron chi connectivity index (χ4n) is 1.79. The Balaban J connectivity index is 2.50. The molecule has 0 radical (unpaired) electrons. The fourth-order valence-corrected chi connectivity index (χ4v) is 1.79. The van der Waals surface area contributed by atoms with Crippen LogP contribution >= 0.6 is 0 Å². The number of carbonyl (C=O) groups is 1. The lowest BCUT2D eigenvalue weighted by Crippen LogP contribution is -2.27. The molecule has 2 N–H and O–H groups in total. The lowest BCUT2D eigenvalue weighted by Gasteiger charge is -2.24. The molecule has 0 spiro atoms. The second kappa shape index (κ2) is 3.46. The minimum atomic E-state index is -0.513. The third-order valence-corrected chi connectivity index (χ3v) is 2.56. The molecule has 0 saturated carbocycles. The van der Waals surface area contributed by atoms with Gasteiger partial charge in [-0.25, -0.2) is 4.79 Å². The van der Waals surface area contributed by atoms with Crippen LogP contribution in [0.2, 0.25) is 0 Å². The van der Waals surface area contributed by atoms with Crippen molar-refractivity contribution in [3.8, 4) is 11.5 Å². The number of carbonyl (C=O) groups excluding carboxylic acids is 1. The Hall–Kier alpha value is -1.71. The van der Waals surface area contributed by atoms with Crippen molar-refractivity contribution in [1.82, 2.24) is 0 Å². The van der Waals surface area contributed by atoms with Gasteiger partial charge in [0.05, 0.1) is 0 Å². The Morgan fingerprint density at radius 3 is 2.87 bits per heavy atom. The first kappa shape index (κ1) is 9.83. The summed E-state index contributed by atoms with van der Waals surface area (Å²) in [6, 6.07) is 2.64. The van der Waals surface area contributed by atoms with Crippen LogP contribution in [0.3, 0.4) is 0 Å². The van der Waals surface area contributed by atoms with E-state index in [4.69, 9.17) is 4.74 Å². The van der Waals surface area contributed by atoms with Gasteiger partial charge in [0.2, 0.25) is 0 Å². The van der Waals surface area contributed by atoms with E-state index >= 15 is 0 Å². The number of ether oxygens (including phenoxy) is 1. The van der Waals surface area contributed by atoms with E-state index in [0.29, 0.717) is 12.0 Å². The van der Waals surface area contributed by atoms with Crippen molar-refractivity contribution in [1.29, 1.82) is 0 Å². The molecule has 0 fully saturated rings. The highest BCUT2D eigenvalue weighted by atomic mass is 16.5. The van der Waals surface area contributed by atoms with Crippen LogP contribution in [-0.2, 0) is 11.2 Å².